The molecule has 1 aromatic heterocycles. The van der Waals surface area contributed by atoms with Crippen molar-refractivity contribution < 1.29 is 14.7 Å². The van der Waals surface area contributed by atoms with Gasteiger partial charge in [-0.2, -0.15) is 0 Å². The van der Waals surface area contributed by atoms with E-state index in [1.54, 1.807) is 0 Å². The molecule has 6 nitrogen and oxygen atoms in total. The molecule has 7 heteroatoms. The van der Waals surface area contributed by atoms with Crippen molar-refractivity contribution in [1.29, 1.82) is 0 Å². The highest BCUT2D eigenvalue weighted by Gasteiger charge is 2.28. The topological polar surface area (TPSA) is 73.7 Å². The molecule has 144 valence electrons. The highest BCUT2D eigenvalue weighted by molar-refractivity contribution is 7.09. The van der Waals surface area contributed by atoms with Gasteiger partial charge in [-0.15, -0.1) is 11.3 Å². The fraction of sp³-hybridized carbons (Fsp3) is 0.450. The van der Waals surface area contributed by atoms with Crippen LogP contribution in [0.25, 0.3) is 0 Å². The number of hydrogen-bond acceptors (Lipinski definition) is 5. The maximum atomic E-state index is 12.8. The summed E-state index contributed by atoms with van der Waals surface area (Å²) < 4.78 is 0. The molecule has 1 aliphatic heterocycles. The Morgan fingerprint density at radius 2 is 1.96 bits per heavy atom. The zero-order chi connectivity index (χ0) is 19.2. The van der Waals surface area contributed by atoms with Gasteiger partial charge in [-0.25, -0.2) is 4.98 Å². The number of thiazole rings is 1. The van der Waals surface area contributed by atoms with E-state index in [-0.39, 0.29) is 18.5 Å². The summed E-state index contributed by atoms with van der Waals surface area (Å²) in [7, 11) is 0. The molecule has 0 radical (unpaired) electrons. The normalized spacial score (nSPS) is 15.3. The third-order valence-electron chi connectivity index (χ3n) is 4.98. The van der Waals surface area contributed by atoms with Gasteiger partial charge in [0.05, 0.1) is 11.6 Å². The van der Waals surface area contributed by atoms with Crippen LogP contribution in [-0.2, 0) is 11.2 Å². The third kappa shape index (κ3) is 5.14. The summed E-state index contributed by atoms with van der Waals surface area (Å²) in [4.78, 5) is 32.1. The minimum Gasteiger partial charge on any atom is -0.480 e. The summed E-state index contributed by atoms with van der Waals surface area (Å²) in [5, 5.41) is 11.8. The van der Waals surface area contributed by atoms with Crippen LogP contribution in [-0.4, -0.2) is 64.0 Å². The number of aliphatic carboxylic acids is 1. The van der Waals surface area contributed by atoms with Gasteiger partial charge in [-0.1, -0.05) is 37.3 Å². The third-order valence-corrected chi connectivity index (χ3v) is 5.83. The van der Waals surface area contributed by atoms with Crippen LogP contribution in [0.3, 0.4) is 0 Å². The fourth-order valence-corrected chi connectivity index (χ4v) is 4.33. The lowest BCUT2D eigenvalue weighted by Gasteiger charge is -2.37. The van der Waals surface area contributed by atoms with Crippen molar-refractivity contribution in [2.45, 2.75) is 32.2 Å². The van der Waals surface area contributed by atoms with E-state index < -0.39 is 5.97 Å². The zero-order valence-corrected chi connectivity index (χ0v) is 16.3. The van der Waals surface area contributed by atoms with Crippen LogP contribution in [0.2, 0.25) is 0 Å². The standard InChI is InChI=1S/C20H25N3O3S/c1-2-22(13-19(24)25)16-8-10-23(11-9-16)20(26)17-14-27-18(21-17)12-15-6-4-3-5-7-15/h3-7,14,16H,2,8-13H2,1H3,(H,24,25). The summed E-state index contributed by atoms with van der Waals surface area (Å²) in [6.07, 6.45) is 2.34. The average Bonchev–Trinajstić information content (AvgIpc) is 3.15. The minimum absolute atomic E-state index is 0.0229. The van der Waals surface area contributed by atoms with Crippen LogP contribution >= 0.6 is 11.3 Å². The molecule has 1 amide bonds. The van der Waals surface area contributed by atoms with Gasteiger partial charge in [0.15, 0.2) is 0 Å². The van der Waals surface area contributed by atoms with Crippen molar-refractivity contribution in [3.8, 4) is 0 Å². The summed E-state index contributed by atoms with van der Waals surface area (Å²) in [6, 6.07) is 10.3. The van der Waals surface area contributed by atoms with E-state index in [0.29, 0.717) is 25.3 Å². The van der Waals surface area contributed by atoms with Gasteiger partial charge in [0.25, 0.3) is 5.91 Å². The number of aromatic nitrogens is 1. The second kappa shape index (κ2) is 9.10. The number of benzene rings is 1. The van der Waals surface area contributed by atoms with Crippen molar-refractivity contribution >= 4 is 23.2 Å². The van der Waals surface area contributed by atoms with Crippen LogP contribution in [0, 0.1) is 0 Å². The molecule has 0 spiro atoms. The minimum atomic E-state index is -0.802. The molecule has 0 bridgehead atoms. The van der Waals surface area contributed by atoms with E-state index in [2.05, 4.69) is 17.1 Å². The van der Waals surface area contributed by atoms with Gasteiger partial charge < -0.3 is 10.0 Å². The summed E-state index contributed by atoms with van der Waals surface area (Å²) in [5.74, 6) is -0.825. The molecule has 2 heterocycles. The number of piperidine rings is 1. The molecule has 1 saturated heterocycles. The number of carbonyl (C=O) groups is 2. The first-order chi connectivity index (χ1) is 13.1. The van der Waals surface area contributed by atoms with Gasteiger partial charge in [0.2, 0.25) is 0 Å². The molecule has 2 aromatic rings. The lowest BCUT2D eigenvalue weighted by atomic mass is 10.0. The molecule has 1 aliphatic rings. The van der Waals surface area contributed by atoms with Crippen molar-refractivity contribution in [1.82, 2.24) is 14.8 Å². The lowest BCUT2D eigenvalue weighted by Crippen LogP contribution is -2.48. The van der Waals surface area contributed by atoms with E-state index in [4.69, 9.17) is 5.11 Å². The first-order valence-electron chi connectivity index (χ1n) is 9.30. The molecule has 1 N–H and O–H groups in total. The summed E-state index contributed by atoms with van der Waals surface area (Å²) in [5.41, 5.74) is 1.70. The quantitative estimate of drug-likeness (QED) is 0.791. The van der Waals surface area contributed by atoms with Gasteiger partial charge in [0.1, 0.15) is 5.69 Å². The van der Waals surface area contributed by atoms with Crippen molar-refractivity contribution in [2.24, 2.45) is 0 Å². The van der Waals surface area contributed by atoms with Gasteiger partial charge in [-0.3, -0.25) is 14.5 Å². The monoisotopic (exact) mass is 387 g/mol. The number of hydrogen-bond donors (Lipinski definition) is 1. The Bertz CT molecular complexity index is 770. The predicted molar refractivity (Wildman–Crippen MR) is 105 cm³/mol. The van der Waals surface area contributed by atoms with Gasteiger partial charge >= 0.3 is 5.97 Å². The van der Waals surface area contributed by atoms with Crippen LogP contribution in [0.1, 0.15) is 40.8 Å². The number of carboxylic acids is 1. The van der Waals surface area contributed by atoms with Crippen LogP contribution in [0.4, 0.5) is 0 Å². The molecular weight excluding hydrogens is 362 g/mol. The molecule has 0 aliphatic carbocycles. The van der Waals surface area contributed by atoms with E-state index in [0.717, 1.165) is 24.3 Å². The van der Waals surface area contributed by atoms with Crippen LogP contribution < -0.4 is 0 Å². The molecule has 0 atom stereocenters. The number of likely N-dealkylation sites (N-methyl/N-ethyl adjacent to an activating group) is 1. The lowest BCUT2D eigenvalue weighted by molar-refractivity contribution is -0.139. The van der Waals surface area contributed by atoms with Crippen molar-refractivity contribution in [3.63, 3.8) is 0 Å². The Morgan fingerprint density at radius 1 is 1.26 bits per heavy atom. The zero-order valence-electron chi connectivity index (χ0n) is 15.5. The molecule has 0 unspecified atom stereocenters. The fourth-order valence-electron chi connectivity index (χ4n) is 3.53. The number of nitrogens with zero attached hydrogens (tertiary/aromatic N) is 3. The van der Waals surface area contributed by atoms with Crippen molar-refractivity contribution in [2.75, 3.05) is 26.2 Å². The number of carboxylic acid groups (broad SMARTS) is 1. The largest absolute Gasteiger partial charge is 0.480 e. The molecule has 1 aromatic carbocycles. The average molecular weight is 388 g/mol. The smallest absolute Gasteiger partial charge is 0.317 e. The Labute approximate surface area is 163 Å². The Hall–Kier alpha value is -2.25. The Kier molecular flexibility index (Phi) is 6.58. The summed E-state index contributed by atoms with van der Waals surface area (Å²) >= 11 is 1.52. The first-order valence-corrected chi connectivity index (χ1v) is 10.2. The maximum Gasteiger partial charge on any atom is 0.317 e. The number of rotatable bonds is 7. The maximum absolute atomic E-state index is 12.8. The number of amides is 1. The van der Waals surface area contributed by atoms with Crippen LogP contribution in [0.15, 0.2) is 35.7 Å². The van der Waals surface area contributed by atoms with Gasteiger partial charge in [-0.05, 0) is 24.9 Å². The Balaban J connectivity index is 1.56. The van der Waals surface area contributed by atoms with E-state index >= 15 is 0 Å². The SMILES string of the molecule is CCN(CC(=O)O)C1CCN(C(=O)c2csc(Cc3ccccc3)n2)CC1. The summed E-state index contributed by atoms with van der Waals surface area (Å²) in [6.45, 7) is 4.03. The Morgan fingerprint density at radius 3 is 2.59 bits per heavy atom. The number of carbonyl (C=O) groups excluding carboxylic acids is 1. The van der Waals surface area contributed by atoms with Gasteiger partial charge in [0, 0.05) is 30.9 Å². The van der Waals surface area contributed by atoms with E-state index in [1.165, 1.54) is 16.9 Å². The first kappa shape index (κ1) is 19.5. The van der Waals surface area contributed by atoms with E-state index in [1.807, 2.05) is 40.3 Å². The number of likely N-dealkylation sites (tertiary alicyclic amines) is 1. The molecule has 3 rings (SSSR count). The second-order valence-corrected chi connectivity index (χ2v) is 7.71. The highest BCUT2D eigenvalue weighted by Crippen LogP contribution is 2.20. The van der Waals surface area contributed by atoms with E-state index in [9.17, 15) is 9.59 Å². The molecule has 1 fully saturated rings. The molecule has 0 saturated carbocycles. The molecular formula is C20H25N3O3S. The second-order valence-electron chi connectivity index (χ2n) is 6.77. The highest BCUT2D eigenvalue weighted by atomic mass is 32.1. The van der Waals surface area contributed by atoms with Crippen LogP contribution in [0.5, 0.6) is 0 Å². The predicted octanol–water partition coefficient (Wildman–Crippen LogP) is 2.75. The van der Waals surface area contributed by atoms with Crippen molar-refractivity contribution in [3.05, 3.63) is 52.0 Å². The molecule has 27 heavy (non-hydrogen) atoms.